The normalized spacial score (nSPS) is 11.0. The van der Waals surface area contributed by atoms with Gasteiger partial charge >= 0.3 is 0 Å². The average Bonchev–Trinajstić information content (AvgIpc) is 2.98. The third kappa shape index (κ3) is 4.77. The van der Waals surface area contributed by atoms with Crippen LogP contribution in [0.1, 0.15) is 12.6 Å². The van der Waals surface area contributed by atoms with Gasteiger partial charge < -0.3 is 15.4 Å². The fourth-order valence-corrected chi connectivity index (χ4v) is 1.96. The van der Waals surface area contributed by atoms with Crippen LogP contribution in [0.15, 0.2) is 49.4 Å². The van der Waals surface area contributed by atoms with Gasteiger partial charge in [-0.05, 0) is 18.2 Å². The smallest absolute Gasteiger partial charge is 0.244 e. The van der Waals surface area contributed by atoms with Crippen molar-refractivity contribution in [1.29, 1.82) is 0 Å². The summed E-state index contributed by atoms with van der Waals surface area (Å²) < 4.78 is 6.57. The molecule has 25 heavy (non-hydrogen) atoms. The van der Waals surface area contributed by atoms with Crippen molar-refractivity contribution in [2.75, 3.05) is 19.0 Å². The first-order chi connectivity index (χ1) is 11.9. The first-order valence-electron chi connectivity index (χ1n) is 7.41. The van der Waals surface area contributed by atoms with E-state index in [4.69, 9.17) is 4.74 Å². The lowest BCUT2D eigenvalue weighted by molar-refractivity contribution is -0.122. The zero-order valence-corrected chi connectivity index (χ0v) is 14.1. The molecule has 2 heterocycles. The molecule has 8 nitrogen and oxygen atoms in total. The number of hydrogen-bond acceptors (Lipinski definition) is 5. The van der Waals surface area contributed by atoms with Crippen LogP contribution in [0.5, 0.6) is 0 Å². The van der Waals surface area contributed by atoms with E-state index in [0.717, 1.165) is 5.57 Å². The lowest BCUT2D eigenvalue weighted by Gasteiger charge is -2.03. The largest absolute Gasteiger partial charge is 0.497 e. The highest BCUT2D eigenvalue weighted by atomic mass is 16.5. The summed E-state index contributed by atoms with van der Waals surface area (Å²) in [6, 6.07) is 3.54. The van der Waals surface area contributed by atoms with E-state index in [1.54, 1.807) is 30.5 Å². The quantitative estimate of drug-likeness (QED) is 0.588. The molecule has 2 aromatic rings. The molecule has 0 spiro atoms. The van der Waals surface area contributed by atoms with E-state index >= 15 is 0 Å². The molecule has 0 unspecified atom stereocenters. The number of allylic oxidation sites excluding steroid dienone is 3. The highest BCUT2D eigenvalue weighted by Crippen LogP contribution is 2.17. The van der Waals surface area contributed by atoms with Gasteiger partial charge in [-0.25, -0.2) is 9.50 Å². The van der Waals surface area contributed by atoms with Crippen molar-refractivity contribution in [3.05, 3.63) is 55.1 Å². The Balaban J connectivity index is 2.22. The van der Waals surface area contributed by atoms with E-state index < -0.39 is 0 Å². The van der Waals surface area contributed by atoms with Gasteiger partial charge in [0.1, 0.15) is 5.76 Å². The number of nitrogens with one attached hydrogen (secondary N) is 2. The molecule has 0 aliphatic carbocycles. The average molecular weight is 341 g/mol. The maximum atomic E-state index is 11.7. The SMILES string of the molecule is C=C/C(=C\C(=C)OC)c1ccc2nc(NC(=O)CNC(C)=O)cn2n1. The lowest BCUT2D eigenvalue weighted by Crippen LogP contribution is -2.31. The molecular weight excluding hydrogens is 322 g/mol. The summed E-state index contributed by atoms with van der Waals surface area (Å²) in [5, 5.41) is 9.44. The van der Waals surface area contributed by atoms with Crippen LogP contribution in [-0.4, -0.2) is 40.1 Å². The van der Waals surface area contributed by atoms with Crippen LogP contribution in [-0.2, 0) is 14.3 Å². The van der Waals surface area contributed by atoms with Gasteiger partial charge in [-0.1, -0.05) is 19.2 Å². The van der Waals surface area contributed by atoms with Crippen molar-refractivity contribution in [2.24, 2.45) is 0 Å². The second-order valence-corrected chi connectivity index (χ2v) is 5.08. The van der Waals surface area contributed by atoms with E-state index in [-0.39, 0.29) is 18.4 Å². The van der Waals surface area contributed by atoms with Crippen LogP contribution < -0.4 is 10.6 Å². The van der Waals surface area contributed by atoms with Crippen molar-refractivity contribution in [3.63, 3.8) is 0 Å². The number of ether oxygens (including phenoxy) is 1. The number of carbonyl (C=O) groups is 2. The highest BCUT2D eigenvalue weighted by molar-refractivity contribution is 5.93. The molecule has 2 amide bonds. The highest BCUT2D eigenvalue weighted by Gasteiger charge is 2.09. The number of nitrogens with zero attached hydrogens (tertiary/aromatic N) is 3. The summed E-state index contributed by atoms with van der Waals surface area (Å²) in [5.74, 6) is 0.165. The van der Waals surface area contributed by atoms with Gasteiger partial charge in [-0.15, -0.1) is 0 Å². The summed E-state index contributed by atoms with van der Waals surface area (Å²) in [6.45, 7) is 8.73. The third-order valence-corrected chi connectivity index (χ3v) is 3.18. The molecule has 0 saturated carbocycles. The van der Waals surface area contributed by atoms with Crippen LogP contribution in [0, 0.1) is 0 Å². The van der Waals surface area contributed by atoms with Gasteiger partial charge in [0.05, 0.1) is 25.5 Å². The van der Waals surface area contributed by atoms with Crippen molar-refractivity contribution < 1.29 is 14.3 Å². The van der Waals surface area contributed by atoms with Gasteiger partial charge in [0.15, 0.2) is 11.5 Å². The molecule has 0 aromatic carbocycles. The Morgan fingerprint density at radius 1 is 1.40 bits per heavy atom. The Hall–Kier alpha value is -3.42. The van der Waals surface area contributed by atoms with E-state index in [9.17, 15) is 9.59 Å². The van der Waals surface area contributed by atoms with Crippen molar-refractivity contribution in [3.8, 4) is 0 Å². The number of hydrogen-bond donors (Lipinski definition) is 2. The minimum Gasteiger partial charge on any atom is -0.497 e. The number of rotatable bonds is 7. The number of amides is 2. The molecule has 0 bridgehead atoms. The third-order valence-electron chi connectivity index (χ3n) is 3.18. The van der Waals surface area contributed by atoms with E-state index in [0.29, 0.717) is 22.9 Å². The number of aromatic nitrogens is 3. The fourth-order valence-electron chi connectivity index (χ4n) is 1.96. The van der Waals surface area contributed by atoms with Crippen molar-refractivity contribution in [1.82, 2.24) is 19.9 Å². The number of fused-ring (bicyclic) bond motifs is 1. The van der Waals surface area contributed by atoms with Gasteiger partial charge in [0.2, 0.25) is 11.8 Å². The standard InChI is InChI=1S/C17H19N5O3/c1-5-13(8-11(2)25-4)14-6-7-16-19-15(10-22(16)21-14)20-17(24)9-18-12(3)23/h5-8,10H,1-2,9H2,3-4H3,(H,18,23)(H,20,24)/b13-8+. The van der Waals surface area contributed by atoms with E-state index in [1.165, 1.54) is 18.5 Å². The molecule has 0 aliphatic heterocycles. The molecule has 0 saturated heterocycles. The Morgan fingerprint density at radius 2 is 2.16 bits per heavy atom. The number of anilines is 1. The predicted molar refractivity (Wildman–Crippen MR) is 94.6 cm³/mol. The van der Waals surface area contributed by atoms with Crippen LogP contribution >= 0.6 is 0 Å². The summed E-state index contributed by atoms with van der Waals surface area (Å²) >= 11 is 0. The molecule has 0 fully saturated rings. The Bertz CT molecular complexity index is 866. The minimum atomic E-state index is -0.373. The van der Waals surface area contributed by atoms with Crippen LogP contribution in [0.2, 0.25) is 0 Å². The van der Waals surface area contributed by atoms with Gasteiger partial charge in [0.25, 0.3) is 0 Å². The second-order valence-electron chi connectivity index (χ2n) is 5.08. The molecule has 130 valence electrons. The molecule has 8 heteroatoms. The first kappa shape index (κ1) is 17.9. The molecular formula is C17H19N5O3. The summed E-state index contributed by atoms with van der Waals surface area (Å²) in [6.07, 6.45) is 4.94. The number of carbonyl (C=O) groups excluding carboxylic acids is 2. The molecule has 0 aliphatic rings. The van der Waals surface area contributed by atoms with Crippen LogP contribution in [0.4, 0.5) is 5.82 Å². The van der Waals surface area contributed by atoms with E-state index in [1.807, 2.05) is 0 Å². The molecule has 2 rings (SSSR count). The molecule has 2 N–H and O–H groups in total. The van der Waals surface area contributed by atoms with E-state index in [2.05, 4.69) is 33.9 Å². The van der Waals surface area contributed by atoms with Crippen LogP contribution in [0.3, 0.4) is 0 Å². The second kappa shape index (κ2) is 7.91. The monoisotopic (exact) mass is 341 g/mol. The number of methoxy groups -OCH3 is 1. The maximum absolute atomic E-state index is 11.7. The van der Waals surface area contributed by atoms with Crippen LogP contribution in [0.25, 0.3) is 11.2 Å². The molecule has 0 radical (unpaired) electrons. The first-order valence-corrected chi connectivity index (χ1v) is 7.41. The Morgan fingerprint density at radius 3 is 2.80 bits per heavy atom. The molecule has 0 atom stereocenters. The summed E-state index contributed by atoms with van der Waals surface area (Å²) in [7, 11) is 1.53. The maximum Gasteiger partial charge on any atom is 0.244 e. The minimum absolute atomic E-state index is 0.121. The summed E-state index contributed by atoms with van der Waals surface area (Å²) in [4.78, 5) is 26.8. The lowest BCUT2D eigenvalue weighted by atomic mass is 10.1. The topological polar surface area (TPSA) is 97.6 Å². The predicted octanol–water partition coefficient (Wildman–Crippen LogP) is 1.53. The van der Waals surface area contributed by atoms with Crippen molar-refractivity contribution in [2.45, 2.75) is 6.92 Å². The molecule has 2 aromatic heterocycles. The van der Waals surface area contributed by atoms with Gasteiger partial charge in [0, 0.05) is 12.5 Å². The zero-order chi connectivity index (χ0) is 18.4. The van der Waals surface area contributed by atoms with Crippen molar-refractivity contribution >= 4 is 28.9 Å². The van der Waals surface area contributed by atoms with Gasteiger partial charge in [-0.2, -0.15) is 5.10 Å². The number of imidazole rings is 1. The van der Waals surface area contributed by atoms with Gasteiger partial charge in [-0.3, -0.25) is 9.59 Å². The fraction of sp³-hybridized carbons (Fsp3) is 0.176. The summed E-state index contributed by atoms with van der Waals surface area (Å²) in [5.41, 5.74) is 1.94. The zero-order valence-electron chi connectivity index (χ0n) is 14.1. The Kier molecular flexibility index (Phi) is 5.67. The Labute approximate surface area is 144 Å².